The summed E-state index contributed by atoms with van der Waals surface area (Å²) in [6, 6.07) is 0. The lowest BCUT2D eigenvalue weighted by Gasteiger charge is -2.07. The molecule has 0 atom stereocenters. The number of rotatable bonds is 7. The highest BCUT2D eigenvalue weighted by Gasteiger charge is 2.15. The molecule has 0 aliphatic rings. The molecule has 0 bridgehead atoms. The van der Waals surface area contributed by atoms with Gasteiger partial charge in [-0.1, -0.05) is 6.92 Å². The Balaban J connectivity index is 2.29. The standard InChI is InChI=1S/C11H20N2O3S/c1-4-10-7-13-11(16-10)8-12-5-6-17(14,15)9(2)3/h7,9,12H,4-6,8H2,1-3H3. The molecule has 0 saturated carbocycles. The first-order valence-electron chi connectivity index (χ1n) is 5.81. The van der Waals surface area contributed by atoms with Crippen LogP contribution in [0.2, 0.25) is 0 Å². The molecule has 1 N–H and O–H groups in total. The first-order valence-corrected chi connectivity index (χ1v) is 7.53. The van der Waals surface area contributed by atoms with Crippen LogP contribution in [-0.4, -0.2) is 30.9 Å². The van der Waals surface area contributed by atoms with Crippen LogP contribution in [0.4, 0.5) is 0 Å². The maximum Gasteiger partial charge on any atom is 0.208 e. The van der Waals surface area contributed by atoms with Crippen molar-refractivity contribution in [3.63, 3.8) is 0 Å². The minimum atomic E-state index is -2.97. The van der Waals surface area contributed by atoms with E-state index in [0.717, 1.165) is 12.2 Å². The molecule has 1 rings (SSSR count). The highest BCUT2D eigenvalue weighted by atomic mass is 32.2. The molecule has 0 spiro atoms. The van der Waals surface area contributed by atoms with Crippen LogP contribution in [0.1, 0.15) is 32.4 Å². The number of aryl methyl sites for hydroxylation is 1. The molecule has 1 aromatic rings. The van der Waals surface area contributed by atoms with Gasteiger partial charge in [0.05, 0.1) is 23.7 Å². The van der Waals surface area contributed by atoms with E-state index in [4.69, 9.17) is 4.42 Å². The number of nitrogens with zero attached hydrogens (tertiary/aromatic N) is 1. The molecule has 1 aromatic heterocycles. The second-order valence-corrected chi connectivity index (χ2v) is 6.84. The average molecular weight is 260 g/mol. The Morgan fingerprint density at radius 3 is 2.71 bits per heavy atom. The lowest BCUT2D eigenvalue weighted by Crippen LogP contribution is -2.27. The van der Waals surface area contributed by atoms with E-state index in [1.165, 1.54) is 0 Å². The van der Waals surface area contributed by atoms with Crippen molar-refractivity contribution in [2.45, 2.75) is 39.0 Å². The summed E-state index contributed by atoms with van der Waals surface area (Å²) >= 11 is 0. The molecule has 0 aliphatic carbocycles. The number of hydrogen-bond donors (Lipinski definition) is 1. The number of sulfone groups is 1. The van der Waals surface area contributed by atoms with E-state index < -0.39 is 9.84 Å². The third-order valence-electron chi connectivity index (χ3n) is 2.51. The van der Waals surface area contributed by atoms with Crippen molar-refractivity contribution in [3.05, 3.63) is 17.8 Å². The van der Waals surface area contributed by atoms with Gasteiger partial charge in [0, 0.05) is 13.0 Å². The van der Waals surface area contributed by atoms with Gasteiger partial charge in [-0.2, -0.15) is 0 Å². The number of aromatic nitrogens is 1. The van der Waals surface area contributed by atoms with Gasteiger partial charge >= 0.3 is 0 Å². The topological polar surface area (TPSA) is 72.2 Å². The molecule has 0 amide bonds. The maximum absolute atomic E-state index is 11.5. The minimum absolute atomic E-state index is 0.145. The van der Waals surface area contributed by atoms with Crippen LogP contribution in [0.3, 0.4) is 0 Å². The van der Waals surface area contributed by atoms with Gasteiger partial charge in [0.15, 0.2) is 9.84 Å². The van der Waals surface area contributed by atoms with Gasteiger partial charge in [-0.25, -0.2) is 13.4 Å². The second-order valence-electron chi connectivity index (χ2n) is 4.17. The third kappa shape index (κ3) is 4.47. The van der Waals surface area contributed by atoms with Crippen molar-refractivity contribution in [1.29, 1.82) is 0 Å². The number of oxazole rings is 1. The van der Waals surface area contributed by atoms with E-state index in [-0.39, 0.29) is 11.0 Å². The molecule has 17 heavy (non-hydrogen) atoms. The Bertz CT molecular complexity index is 437. The van der Waals surface area contributed by atoms with Gasteiger partial charge in [-0.05, 0) is 13.8 Å². The summed E-state index contributed by atoms with van der Waals surface area (Å²) in [5.74, 6) is 1.59. The molecule has 0 unspecified atom stereocenters. The van der Waals surface area contributed by atoms with Crippen LogP contribution in [-0.2, 0) is 22.8 Å². The van der Waals surface area contributed by atoms with Gasteiger partial charge in [-0.3, -0.25) is 0 Å². The van der Waals surface area contributed by atoms with Crippen LogP contribution < -0.4 is 5.32 Å². The average Bonchev–Trinajstić information content (AvgIpc) is 2.72. The Hall–Kier alpha value is -0.880. The monoisotopic (exact) mass is 260 g/mol. The van der Waals surface area contributed by atoms with Gasteiger partial charge in [0.25, 0.3) is 0 Å². The molecule has 98 valence electrons. The predicted octanol–water partition coefficient (Wildman–Crippen LogP) is 1.15. The van der Waals surface area contributed by atoms with E-state index in [9.17, 15) is 8.42 Å². The number of hydrogen-bond acceptors (Lipinski definition) is 5. The molecule has 5 nitrogen and oxygen atoms in total. The largest absolute Gasteiger partial charge is 0.444 e. The molecular weight excluding hydrogens is 240 g/mol. The molecular formula is C11H20N2O3S. The Labute approximate surface area is 103 Å². The molecule has 0 radical (unpaired) electrons. The molecule has 0 fully saturated rings. The molecule has 0 aliphatic heterocycles. The highest BCUT2D eigenvalue weighted by molar-refractivity contribution is 7.92. The van der Waals surface area contributed by atoms with Crippen molar-refractivity contribution in [2.75, 3.05) is 12.3 Å². The quantitative estimate of drug-likeness (QED) is 0.745. The summed E-state index contributed by atoms with van der Waals surface area (Å²) in [4.78, 5) is 4.08. The van der Waals surface area contributed by atoms with E-state index in [1.54, 1.807) is 20.0 Å². The van der Waals surface area contributed by atoms with Crippen molar-refractivity contribution >= 4 is 9.84 Å². The molecule has 0 aromatic carbocycles. The molecule has 6 heteroatoms. The van der Waals surface area contributed by atoms with Crippen LogP contribution in [0.25, 0.3) is 0 Å². The van der Waals surface area contributed by atoms with Gasteiger partial charge in [-0.15, -0.1) is 0 Å². The van der Waals surface area contributed by atoms with Gasteiger partial charge < -0.3 is 9.73 Å². The summed E-state index contributed by atoms with van der Waals surface area (Å²) in [7, 11) is -2.97. The second kappa shape index (κ2) is 6.16. The fraction of sp³-hybridized carbons (Fsp3) is 0.727. The maximum atomic E-state index is 11.5. The zero-order valence-electron chi connectivity index (χ0n) is 10.6. The summed E-state index contributed by atoms with van der Waals surface area (Å²) in [5, 5.41) is 2.69. The van der Waals surface area contributed by atoms with Crippen LogP contribution in [0.15, 0.2) is 10.6 Å². The number of nitrogens with one attached hydrogen (secondary N) is 1. The summed E-state index contributed by atoms with van der Waals surface area (Å²) in [6.07, 6.45) is 2.51. The fourth-order valence-corrected chi connectivity index (χ4v) is 2.14. The molecule has 1 heterocycles. The summed E-state index contributed by atoms with van der Waals surface area (Å²) < 4.78 is 28.4. The first kappa shape index (κ1) is 14.2. The highest BCUT2D eigenvalue weighted by Crippen LogP contribution is 2.04. The Morgan fingerprint density at radius 1 is 1.47 bits per heavy atom. The first-order chi connectivity index (χ1) is 7.95. The zero-order valence-corrected chi connectivity index (χ0v) is 11.4. The van der Waals surface area contributed by atoms with E-state index in [1.807, 2.05) is 6.92 Å². The van der Waals surface area contributed by atoms with E-state index in [2.05, 4.69) is 10.3 Å². The summed E-state index contributed by atoms with van der Waals surface area (Å²) in [5.41, 5.74) is 0. The van der Waals surface area contributed by atoms with Crippen molar-refractivity contribution in [1.82, 2.24) is 10.3 Å². The van der Waals surface area contributed by atoms with Crippen LogP contribution >= 0.6 is 0 Å². The smallest absolute Gasteiger partial charge is 0.208 e. The predicted molar refractivity (Wildman–Crippen MR) is 66.5 cm³/mol. The van der Waals surface area contributed by atoms with Crippen molar-refractivity contribution < 1.29 is 12.8 Å². The van der Waals surface area contributed by atoms with Crippen molar-refractivity contribution in [3.8, 4) is 0 Å². The van der Waals surface area contributed by atoms with Gasteiger partial charge in [0.1, 0.15) is 5.76 Å². The van der Waals surface area contributed by atoms with E-state index >= 15 is 0 Å². The minimum Gasteiger partial charge on any atom is -0.444 e. The summed E-state index contributed by atoms with van der Waals surface area (Å²) in [6.45, 7) is 6.26. The SMILES string of the molecule is CCc1cnc(CNCCS(=O)(=O)C(C)C)o1. The third-order valence-corrected chi connectivity index (χ3v) is 4.72. The van der Waals surface area contributed by atoms with Crippen molar-refractivity contribution in [2.24, 2.45) is 0 Å². The Kier molecular flexibility index (Phi) is 5.14. The Morgan fingerprint density at radius 2 is 2.18 bits per heavy atom. The zero-order chi connectivity index (χ0) is 12.9. The van der Waals surface area contributed by atoms with Gasteiger partial charge in [0.2, 0.25) is 5.89 Å². The fourth-order valence-electron chi connectivity index (χ4n) is 1.24. The van der Waals surface area contributed by atoms with Crippen LogP contribution in [0.5, 0.6) is 0 Å². The van der Waals surface area contributed by atoms with Crippen LogP contribution in [0, 0.1) is 0 Å². The lowest BCUT2D eigenvalue weighted by molar-refractivity contribution is 0.442. The normalized spacial score (nSPS) is 12.2. The lowest BCUT2D eigenvalue weighted by atomic mass is 10.4. The van der Waals surface area contributed by atoms with E-state index in [0.29, 0.717) is 19.0 Å². The molecule has 0 saturated heterocycles.